The van der Waals surface area contributed by atoms with Gasteiger partial charge in [0.05, 0.1) is 42.0 Å². The Kier molecular flexibility index (Phi) is 6.42. The minimum absolute atomic E-state index is 0.112. The maximum absolute atomic E-state index is 13.7. The molecule has 1 saturated heterocycles. The zero-order chi connectivity index (χ0) is 26.2. The van der Waals surface area contributed by atoms with Crippen molar-refractivity contribution in [2.45, 2.75) is 32.0 Å². The third-order valence-corrected chi connectivity index (χ3v) is 6.84. The van der Waals surface area contributed by atoms with Crippen LogP contribution in [-0.4, -0.2) is 58.6 Å². The summed E-state index contributed by atoms with van der Waals surface area (Å²) in [6.07, 6.45) is 5.18. The molecular weight excluding hydrogens is 487 g/mol. The Morgan fingerprint density at radius 3 is 2.87 bits per heavy atom. The molecule has 9 nitrogen and oxygen atoms in total. The molecule has 2 N–H and O–H groups in total. The SMILES string of the molecule is CN(C)Cc1nc(Nc2ccc(-c3cnc4cc(F)ccn34)c3c2C(=O)NC3)ccc1OC1CCOCC1. The minimum Gasteiger partial charge on any atom is -0.488 e. The molecule has 0 unspecified atom stereocenters. The highest BCUT2D eigenvalue weighted by molar-refractivity contribution is 6.06. The van der Waals surface area contributed by atoms with Crippen molar-refractivity contribution in [2.24, 2.45) is 0 Å². The fraction of sp³-hybridized carbons (Fsp3) is 0.321. The van der Waals surface area contributed by atoms with E-state index in [0.29, 0.717) is 49.0 Å². The van der Waals surface area contributed by atoms with Gasteiger partial charge < -0.3 is 25.0 Å². The summed E-state index contributed by atoms with van der Waals surface area (Å²) >= 11 is 0. The summed E-state index contributed by atoms with van der Waals surface area (Å²) in [6, 6.07) is 10.4. The van der Waals surface area contributed by atoms with Crippen LogP contribution in [0.1, 0.15) is 34.5 Å². The number of aromatic nitrogens is 3. The van der Waals surface area contributed by atoms with Crippen LogP contribution in [0.25, 0.3) is 16.9 Å². The molecule has 1 aromatic carbocycles. The van der Waals surface area contributed by atoms with Crippen LogP contribution in [0.4, 0.5) is 15.9 Å². The van der Waals surface area contributed by atoms with E-state index in [-0.39, 0.29) is 17.8 Å². The Balaban J connectivity index is 1.33. The summed E-state index contributed by atoms with van der Waals surface area (Å²) in [5.74, 6) is 0.887. The first kappa shape index (κ1) is 24.3. The molecule has 0 spiro atoms. The van der Waals surface area contributed by atoms with Gasteiger partial charge in [0.2, 0.25) is 0 Å². The number of fused-ring (bicyclic) bond motifs is 2. The molecule has 5 heterocycles. The van der Waals surface area contributed by atoms with E-state index in [2.05, 4.69) is 15.6 Å². The van der Waals surface area contributed by atoms with E-state index in [1.807, 2.05) is 47.7 Å². The van der Waals surface area contributed by atoms with Gasteiger partial charge in [-0.3, -0.25) is 9.20 Å². The first-order valence-electron chi connectivity index (χ1n) is 12.7. The molecule has 0 atom stereocenters. The van der Waals surface area contributed by atoms with Gasteiger partial charge in [-0.15, -0.1) is 0 Å². The Labute approximate surface area is 219 Å². The summed E-state index contributed by atoms with van der Waals surface area (Å²) in [5, 5.41) is 6.30. The number of anilines is 2. The van der Waals surface area contributed by atoms with E-state index in [9.17, 15) is 9.18 Å². The number of nitrogens with zero attached hydrogens (tertiary/aromatic N) is 4. The van der Waals surface area contributed by atoms with Crippen LogP contribution in [0.3, 0.4) is 0 Å². The van der Waals surface area contributed by atoms with Crippen LogP contribution in [0.5, 0.6) is 5.75 Å². The van der Waals surface area contributed by atoms with Crippen molar-refractivity contribution in [1.82, 2.24) is 24.6 Å². The number of carbonyl (C=O) groups excluding carboxylic acids is 1. The molecule has 10 heteroatoms. The van der Waals surface area contributed by atoms with Crippen molar-refractivity contribution >= 4 is 23.1 Å². The third kappa shape index (κ3) is 4.68. The zero-order valence-electron chi connectivity index (χ0n) is 21.3. The van der Waals surface area contributed by atoms with Gasteiger partial charge >= 0.3 is 0 Å². The first-order chi connectivity index (χ1) is 18.5. The summed E-state index contributed by atoms with van der Waals surface area (Å²) in [4.78, 5) is 24.2. The maximum atomic E-state index is 13.7. The van der Waals surface area contributed by atoms with Gasteiger partial charge in [-0.25, -0.2) is 14.4 Å². The molecule has 2 aliphatic rings. The maximum Gasteiger partial charge on any atom is 0.254 e. The van der Waals surface area contributed by atoms with Crippen LogP contribution >= 0.6 is 0 Å². The second-order valence-corrected chi connectivity index (χ2v) is 9.85. The first-order valence-corrected chi connectivity index (χ1v) is 12.7. The lowest BCUT2D eigenvalue weighted by molar-refractivity contribution is 0.0248. The Hall–Kier alpha value is -4.02. The van der Waals surface area contributed by atoms with Gasteiger partial charge in [-0.1, -0.05) is 6.07 Å². The lowest BCUT2D eigenvalue weighted by Crippen LogP contribution is -2.26. The van der Waals surface area contributed by atoms with Crippen LogP contribution in [-0.2, 0) is 17.8 Å². The molecule has 38 heavy (non-hydrogen) atoms. The van der Waals surface area contributed by atoms with Crippen molar-refractivity contribution in [3.8, 4) is 17.0 Å². The monoisotopic (exact) mass is 516 g/mol. The normalized spacial score (nSPS) is 15.6. The van der Waals surface area contributed by atoms with E-state index in [1.165, 1.54) is 12.1 Å². The van der Waals surface area contributed by atoms with E-state index >= 15 is 0 Å². The second-order valence-electron chi connectivity index (χ2n) is 9.85. The average Bonchev–Trinajstić information content (AvgIpc) is 3.50. The number of pyridine rings is 2. The zero-order valence-corrected chi connectivity index (χ0v) is 21.3. The van der Waals surface area contributed by atoms with Crippen LogP contribution < -0.4 is 15.4 Å². The Morgan fingerprint density at radius 2 is 2.05 bits per heavy atom. The number of hydrogen-bond acceptors (Lipinski definition) is 7. The van der Waals surface area contributed by atoms with E-state index in [1.54, 1.807) is 12.4 Å². The number of benzene rings is 1. The van der Waals surface area contributed by atoms with Crippen LogP contribution in [0.15, 0.2) is 48.8 Å². The molecule has 0 aliphatic carbocycles. The van der Waals surface area contributed by atoms with E-state index in [4.69, 9.17) is 14.5 Å². The number of imidazole rings is 1. The molecule has 3 aromatic heterocycles. The number of amides is 1. The number of carbonyl (C=O) groups is 1. The van der Waals surface area contributed by atoms with Gasteiger partial charge in [0, 0.05) is 43.8 Å². The average molecular weight is 517 g/mol. The van der Waals surface area contributed by atoms with Gasteiger partial charge in [0.1, 0.15) is 29.1 Å². The smallest absolute Gasteiger partial charge is 0.254 e. The molecule has 2 aliphatic heterocycles. The standard InChI is InChI=1S/C28H29FN6O3/c1-34(2)16-22-24(38-18-8-11-37-12-9-18)5-6-25(33-22)32-21-4-3-19(20-14-31-28(36)27(20)21)23-15-30-26-13-17(29)7-10-35(23)26/h3-7,10,13,15,18H,8-9,11-12,14,16H2,1-2H3,(H,31,36)(H,32,33). The van der Waals surface area contributed by atoms with Crippen LogP contribution in [0, 0.1) is 5.82 Å². The molecule has 0 saturated carbocycles. The van der Waals surface area contributed by atoms with Crippen molar-refractivity contribution in [3.63, 3.8) is 0 Å². The molecule has 1 amide bonds. The topological polar surface area (TPSA) is 93.0 Å². The molecule has 6 rings (SSSR count). The molecule has 0 radical (unpaired) electrons. The number of nitrogens with one attached hydrogen (secondary N) is 2. The highest BCUT2D eigenvalue weighted by atomic mass is 19.1. The molecular formula is C28H29FN6O3. The van der Waals surface area contributed by atoms with E-state index in [0.717, 1.165) is 41.1 Å². The highest BCUT2D eigenvalue weighted by Gasteiger charge is 2.27. The van der Waals surface area contributed by atoms with Gasteiger partial charge in [-0.2, -0.15) is 0 Å². The molecule has 196 valence electrons. The number of hydrogen-bond donors (Lipinski definition) is 2. The van der Waals surface area contributed by atoms with Crippen molar-refractivity contribution in [1.29, 1.82) is 0 Å². The number of ether oxygens (including phenoxy) is 2. The number of halogens is 1. The predicted molar refractivity (Wildman–Crippen MR) is 141 cm³/mol. The summed E-state index contributed by atoms with van der Waals surface area (Å²) in [5.41, 5.74) is 5.08. The summed E-state index contributed by atoms with van der Waals surface area (Å²) in [6.45, 7) is 2.41. The van der Waals surface area contributed by atoms with Crippen molar-refractivity contribution in [3.05, 3.63) is 71.4 Å². The van der Waals surface area contributed by atoms with Crippen LogP contribution in [0.2, 0.25) is 0 Å². The fourth-order valence-corrected chi connectivity index (χ4v) is 5.04. The second kappa shape index (κ2) is 10.0. The number of rotatable bonds is 7. The largest absolute Gasteiger partial charge is 0.488 e. The van der Waals surface area contributed by atoms with Gasteiger partial charge in [0.15, 0.2) is 0 Å². The third-order valence-electron chi connectivity index (χ3n) is 6.84. The minimum atomic E-state index is -0.346. The quantitative estimate of drug-likeness (QED) is 0.381. The molecule has 1 fully saturated rings. The Bertz CT molecular complexity index is 1510. The van der Waals surface area contributed by atoms with E-state index < -0.39 is 0 Å². The lowest BCUT2D eigenvalue weighted by Gasteiger charge is -2.25. The molecule has 0 bridgehead atoms. The summed E-state index contributed by atoms with van der Waals surface area (Å²) in [7, 11) is 3.98. The fourth-order valence-electron chi connectivity index (χ4n) is 5.04. The van der Waals surface area contributed by atoms with Crippen molar-refractivity contribution in [2.75, 3.05) is 32.6 Å². The van der Waals surface area contributed by atoms with Gasteiger partial charge in [0.25, 0.3) is 5.91 Å². The van der Waals surface area contributed by atoms with Crippen molar-refractivity contribution < 1.29 is 18.7 Å². The lowest BCUT2D eigenvalue weighted by atomic mass is 9.99. The summed E-state index contributed by atoms with van der Waals surface area (Å²) < 4.78 is 27.2. The van der Waals surface area contributed by atoms with Gasteiger partial charge in [-0.05, 0) is 43.9 Å². The predicted octanol–water partition coefficient (Wildman–Crippen LogP) is 4.14. The highest BCUT2D eigenvalue weighted by Crippen LogP contribution is 2.36. The molecule has 4 aromatic rings. The Morgan fingerprint density at radius 1 is 1.21 bits per heavy atom.